The summed E-state index contributed by atoms with van der Waals surface area (Å²) in [5, 5.41) is 7.34. The van der Waals surface area contributed by atoms with Gasteiger partial charge in [0, 0.05) is 24.2 Å². The molecule has 0 N–H and O–H groups in total. The highest BCUT2D eigenvalue weighted by Gasteiger charge is 2.25. The van der Waals surface area contributed by atoms with Crippen LogP contribution in [0, 0.1) is 6.92 Å². The van der Waals surface area contributed by atoms with E-state index in [9.17, 15) is 4.79 Å². The van der Waals surface area contributed by atoms with Gasteiger partial charge in [-0.15, -0.1) is 11.3 Å². The van der Waals surface area contributed by atoms with Gasteiger partial charge in [0.15, 0.2) is 0 Å². The van der Waals surface area contributed by atoms with Crippen LogP contribution >= 0.6 is 11.3 Å². The minimum Gasteiger partial charge on any atom is -0.328 e. The number of carbonyl (C=O) groups is 1. The third kappa shape index (κ3) is 4.83. The number of hydrogen-bond donors (Lipinski definition) is 0. The maximum absolute atomic E-state index is 13.4. The highest BCUT2D eigenvalue weighted by molar-refractivity contribution is 7.09. The molecule has 2 heterocycles. The Morgan fingerprint density at radius 1 is 1.30 bits per heavy atom. The number of rotatable bonds is 8. The zero-order valence-electron chi connectivity index (χ0n) is 16.1. The molecule has 3 aromatic rings. The van der Waals surface area contributed by atoms with Crippen molar-refractivity contribution in [2.75, 3.05) is 0 Å². The fourth-order valence-electron chi connectivity index (χ4n) is 3.19. The molecular formula is C21H26N4OS. The number of hydrogen-bond acceptors (Lipinski definition) is 4. The molecule has 142 valence electrons. The summed E-state index contributed by atoms with van der Waals surface area (Å²) in [5.41, 5.74) is 2.81. The third-order valence-corrected chi connectivity index (χ3v) is 5.46. The summed E-state index contributed by atoms with van der Waals surface area (Å²) < 4.78 is 1.79. The summed E-state index contributed by atoms with van der Waals surface area (Å²) in [6, 6.07) is 12.4. The molecule has 3 rings (SSSR count). The smallest absolute Gasteiger partial charge is 0.272 e. The first-order chi connectivity index (χ1) is 13.1. The number of amides is 1. The Hall–Kier alpha value is -2.47. The van der Waals surface area contributed by atoms with Gasteiger partial charge in [-0.05, 0) is 45.2 Å². The predicted octanol–water partition coefficient (Wildman–Crippen LogP) is 4.33. The lowest BCUT2D eigenvalue weighted by atomic mass is 10.0. The summed E-state index contributed by atoms with van der Waals surface area (Å²) in [5.74, 6) is 0.0215. The Kier molecular flexibility index (Phi) is 6.40. The first kappa shape index (κ1) is 19.3. The molecule has 0 aliphatic rings. The van der Waals surface area contributed by atoms with Gasteiger partial charge in [-0.2, -0.15) is 5.10 Å². The van der Waals surface area contributed by atoms with E-state index in [1.54, 1.807) is 22.2 Å². The molecular weight excluding hydrogens is 356 g/mol. The SMILES string of the molecule is CCn1nc(C)cc1C(=O)N(Cc1nccs1)C(C)CCc1ccccc1. The highest BCUT2D eigenvalue weighted by Crippen LogP contribution is 2.19. The van der Waals surface area contributed by atoms with Crippen molar-refractivity contribution in [2.24, 2.45) is 0 Å². The Bertz CT molecular complexity index is 858. The summed E-state index contributed by atoms with van der Waals surface area (Å²) >= 11 is 1.58. The first-order valence-electron chi connectivity index (χ1n) is 9.36. The summed E-state index contributed by atoms with van der Waals surface area (Å²) in [6.45, 7) is 7.26. The van der Waals surface area contributed by atoms with E-state index in [2.05, 4.69) is 41.3 Å². The zero-order valence-corrected chi connectivity index (χ0v) is 16.9. The van der Waals surface area contributed by atoms with Crippen LogP contribution in [0.3, 0.4) is 0 Å². The van der Waals surface area contributed by atoms with Crippen molar-refractivity contribution < 1.29 is 4.79 Å². The van der Waals surface area contributed by atoms with Crippen molar-refractivity contribution in [3.05, 3.63) is 69.9 Å². The molecule has 0 aliphatic heterocycles. The van der Waals surface area contributed by atoms with Crippen molar-refractivity contribution in [1.82, 2.24) is 19.7 Å². The first-order valence-corrected chi connectivity index (χ1v) is 10.2. The maximum Gasteiger partial charge on any atom is 0.272 e. The fraction of sp³-hybridized carbons (Fsp3) is 0.381. The Morgan fingerprint density at radius 2 is 2.07 bits per heavy atom. The molecule has 0 bridgehead atoms. The molecule has 0 saturated heterocycles. The largest absolute Gasteiger partial charge is 0.328 e. The van der Waals surface area contributed by atoms with Gasteiger partial charge in [-0.3, -0.25) is 9.48 Å². The van der Waals surface area contributed by atoms with E-state index in [4.69, 9.17) is 0 Å². The predicted molar refractivity (Wildman–Crippen MR) is 109 cm³/mol. The summed E-state index contributed by atoms with van der Waals surface area (Å²) in [4.78, 5) is 19.7. The quantitative estimate of drug-likeness (QED) is 0.583. The Morgan fingerprint density at radius 3 is 2.74 bits per heavy atom. The minimum atomic E-state index is 0.0215. The van der Waals surface area contributed by atoms with Crippen LogP contribution in [-0.4, -0.2) is 31.6 Å². The van der Waals surface area contributed by atoms with Gasteiger partial charge in [-0.1, -0.05) is 30.3 Å². The van der Waals surface area contributed by atoms with Gasteiger partial charge in [0.25, 0.3) is 5.91 Å². The van der Waals surface area contributed by atoms with Crippen LogP contribution in [0.15, 0.2) is 48.0 Å². The van der Waals surface area contributed by atoms with Crippen LogP contribution in [0.25, 0.3) is 0 Å². The number of aryl methyl sites for hydroxylation is 3. The van der Waals surface area contributed by atoms with E-state index in [0.717, 1.165) is 23.5 Å². The molecule has 0 radical (unpaired) electrons. The van der Waals surface area contributed by atoms with Gasteiger partial charge < -0.3 is 4.90 Å². The van der Waals surface area contributed by atoms with Crippen LogP contribution in [0.1, 0.15) is 47.0 Å². The van der Waals surface area contributed by atoms with E-state index >= 15 is 0 Å². The van der Waals surface area contributed by atoms with Gasteiger partial charge in [0.1, 0.15) is 10.7 Å². The lowest BCUT2D eigenvalue weighted by Gasteiger charge is -2.29. The number of thiazole rings is 1. The minimum absolute atomic E-state index is 0.0215. The lowest BCUT2D eigenvalue weighted by Crippen LogP contribution is -2.39. The van der Waals surface area contributed by atoms with Gasteiger partial charge in [-0.25, -0.2) is 4.98 Å². The van der Waals surface area contributed by atoms with E-state index in [0.29, 0.717) is 18.8 Å². The number of carbonyl (C=O) groups excluding carboxylic acids is 1. The Labute approximate surface area is 164 Å². The maximum atomic E-state index is 13.4. The molecule has 1 atom stereocenters. The van der Waals surface area contributed by atoms with Crippen LogP contribution in [0.5, 0.6) is 0 Å². The van der Waals surface area contributed by atoms with Crippen LogP contribution in [0.4, 0.5) is 0 Å². The second-order valence-corrected chi connectivity index (χ2v) is 7.70. The Balaban J connectivity index is 1.80. The number of aromatic nitrogens is 3. The van der Waals surface area contributed by atoms with E-state index in [1.165, 1.54) is 5.56 Å². The molecule has 2 aromatic heterocycles. The van der Waals surface area contributed by atoms with Gasteiger partial charge in [0.2, 0.25) is 0 Å². The van der Waals surface area contributed by atoms with Crippen molar-refractivity contribution in [3.8, 4) is 0 Å². The third-order valence-electron chi connectivity index (χ3n) is 4.70. The van der Waals surface area contributed by atoms with Crippen molar-refractivity contribution in [2.45, 2.75) is 52.7 Å². The number of benzene rings is 1. The van der Waals surface area contributed by atoms with Gasteiger partial charge in [0.05, 0.1) is 12.2 Å². The average molecular weight is 383 g/mol. The zero-order chi connectivity index (χ0) is 19.2. The second-order valence-electron chi connectivity index (χ2n) is 6.72. The molecule has 0 aliphatic carbocycles. The number of nitrogens with zero attached hydrogens (tertiary/aromatic N) is 4. The molecule has 27 heavy (non-hydrogen) atoms. The van der Waals surface area contributed by atoms with Crippen LogP contribution in [0.2, 0.25) is 0 Å². The summed E-state index contributed by atoms with van der Waals surface area (Å²) in [6.07, 6.45) is 3.63. The lowest BCUT2D eigenvalue weighted by molar-refractivity contribution is 0.0654. The standard InChI is InChI=1S/C21H26N4OS/c1-4-25-19(14-16(2)23-25)21(26)24(15-20-22-12-13-27-20)17(3)10-11-18-8-6-5-7-9-18/h5-9,12-14,17H,4,10-11,15H2,1-3H3. The monoisotopic (exact) mass is 382 g/mol. The molecule has 0 spiro atoms. The average Bonchev–Trinajstić information content (AvgIpc) is 3.33. The van der Waals surface area contributed by atoms with E-state index in [-0.39, 0.29) is 11.9 Å². The molecule has 1 amide bonds. The summed E-state index contributed by atoms with van der Waals surface area (Å²) in [7, 11) is 0. The van der Waals surface area contributed by atoms with Crippen molar-refractivity contribution in [1.29, 1.82) is 0 Å². The molecule has 0 saturated carbocycles. The second kappa shape index (κ2) is 8.95. The van der Waals surface area contributed by atoms with Crippen molar-refractivity contribution in [3.63, 3.8) is 0 Å². The molecule has 1 unspecified atom stereocenters. The fourth-order valence-corrected chi connectivity index (χ4v) is 3.80. The topological polar surface area (TPSA) is 51.0 Å². The van der Waals surface area contributed by atoms with Crippen LogP contribution < -0.4 is 0 Å². The van der Waals surface area contributed by atoms with Crippen LogP contribution in [-0.2, 0) is 19.5 Å². The van der Waals surface area contributed by atoms with Crippen molar-refractivity contribution >= 4 is 17.2 Å². The molecule has 6 heteroatoms. The molecule has 0 fully saturated rings. The van der Waals surface area contributed by atoms with Gasteiger partial charge >= 0.3 is 0 Å². The van der Waals surface area contributed by atoms with E-state index in [1.807, 2.05) is 36.3 Å². The molecule has 1 aromatic carbocycles. The highest BCUT2D eigenvalue weighted by atomic mass is 32.1. The molecule has 5 nitrogen and oxygen atoms in total. The normalized spacial score (nSPS) is 12.1. The van der Waals surface area contributed by atoms with E-state index < -0.39 is 0 Å².